The minimum absolute atomic E-state index is 0.0295. The zero-order valence-electron chi connectivity index (χ0n) is 13.2. The predicted molar refractivity (Wildman–Crippen MR) is 84.3 cm³/mol. The van der Waals surface area contributed by atoms with Crippen LogP contribution in [0.3, 0.4) is 0 Å². The van der Waals surface area contributed by atoms with Gasteiger partial charge in [0.25, 0.3) is 0 Å². The van der Waals surface area contributed by atoms with Gasteiger partial charge in [0.05, 0.1) is 12.9 Å². The van der Waals surface area contributed by atoms with Crippen LogP contribution in [0.15, 0.2) is 11.8 Å². The van der Waals surface area contributed by atoms with E-state index in [1.807, 2.05) is 13.8 Å². The molecule has 7 heteroatoms. The molecule has 1 saturated carbocycles. The minimum Gasteiger partial charge on any atom is -0.477 e. The SMILES string of the molecule is COC(=O)CSCCC/C=C(\NC(=O)C1CC1(C)C)C(=O)O. The smallest absolute Gasteiger partial charge is 0.352 e. The highest BCUT2D eigenvalue weighted by Crippen LogP contribution is 2.51. The van der Waals surface area contributed by atoms with Crippen molar-refractivity contribution in [2.75, 3.05) is 18.6 Å². The van der Waals surface area contributed by atoms with Gasteiger partial charge in [0.15, 0.2) is 0 Å². The number of hydrogen-bond acceptors (Lipinski definition) is 5. The van der Waals surface area contributed by atoms with Crippen molar-refractivity contribution in [2.24, 2.45) is 11.3 Å². The van der Waals surface area contributed by atoms with E-state index in [2.05, 4.69) is 10.1 Å². The summed E-state index contributed by atoms with van der Waals surface area (Å²) in [6.45, 7) is 3.97. The number of ether oxygens (including phenoxy) is 1. The lowest BCUT2D eigenvalue weighted by Crippen LogP contribution is -2.29. The summed E-state index contributed by atoms with van der Waals surface area (Å²) in [5.74, 6) is -0.716. The fourth-order valence-corrected chi connectivity index (χ4v) is 2.77. The van der Waals surface area contributed by atoms with Crippen LogP contribution >= 0.6 is 11.8 Å². The number of amides is 1. The predicted octanol–water partition coefficient (Wildman–Crippen LogP) is 1.80. The molecule has 1 atom stereocenters. The maximum absolute atomic E-state index is 11.9. The molecule has 1 unspecified atom stereocenters. The largest absolute Gasteiger partial charge is 0.477 e. The van der Waals surface area contributed by atoms with E-state index in [1.54, 1.807) is 0 Å². The lowest BCUT2D eigenvalue weighted by atomic mass is 10.1. The van der Waals surface area contributed by atoms with Crippen molar-refractivity contribution in [2.45, 2.75) is 33.1 Å². The quantitative estimate of drug-likeness (QED) is 0.381. The molecule has 0 aromatic rings. The van der Waals surface area contributed by atoms with E-state index in [0.717, 1.165) is 18.6 Å². The van der Waals surface area contributed by atoms with Crippen molar-refractivity contribution in [3.63, 3.8) is 0 Å². The Labute approximate surface area is 134 Å². The molecule has 1 aliphatic rings. The molecule has 0 heterocycles. The first-order chi connectivity index (χ1) is 10.3. The zero-order chi connectivity index (χ0) is 16.8. The molecule has 1 rings (SSSR count). The zero-order valence-corrected chi connectivity index (χ0v) is 14.0. The number of aliphatic carboxylic acids is 1. The van der Waals surface area contributed by atoms with Crippen LogP contribution in [-0.4, -0.2) is 41.6 Å². The normalized spacial score (nSPS) is 19.4. The van der Waals surface area contributed by atoms with Gasteiger partial charge < -0.3 is 15.2 Å². The van der Waals surface area contributed by atoms with Crippen LogP contribution < -0.4 is 5.32 Å². The van der Waals surface area contributed by atoms with E-state index < -0.39 is 5.97 Å². The minimum atomic E-state index is -1.13. The molecule has 1 aliphatic carbocycles. The molecule has 0 bridgehead atoms. The molecular formula is C15H23NO5S. The van der Waals surface area contributed by atoms with E-state index in [9.17, 15) is 14.4 Å². The van der Waals surface area contributed by atoms with Crippen LogP contribution in [-0.2, 0) is 19.1 Å². The molecule has 22 heavy (non-hydrogen) atoms. The molecule has 0 aliphatic heterocycles. The summed E-state index contributed by atoms with van der Waals surface area (Å²) in [4.78, 5) is 34.0. The van der Waals surface area contributed by atoms with E-state index >= 15 is 0 Å². The molecule has 124 valence electrons. The number of methoxy groups -OCH3 is 1. The van der Waals surface area contributed by atoms with Gasteiger partial charge in [-0.25, -0.2) is 4.79 Å². The molecule has 6 nitrogen and oxygen atoms in total. The third kappa shape index (κ3) is 6.09. The first kappa shape index (κ1) is 18.5. The number of carbonyl (C=O) groups is 3. The number of hydrogen-bond donors (Lipinski definition) is 2. The van der Waals surface area contributed by atoms with Gasteiger partial charge in [-0.3, -0.25) is 9.59 Å². The van der Waals surface area contributed by atoms with Crippen LogP contribution in [0.25, 0.3) is 0 Å². The van der Waals surface area contributed by atoms with Crippen LogP contribution in [0.4, 0.5) is 0 Å². The topological polar surface area (TPSA) is 92.7 Å². The fraction of sp³-hybridized carbons (Fsp3) is 0.667. The summed E-state index contributed by atoms with van der Waals surface area (Å²) in [5.41, 5.74) is -0.0937. The molecule has 0 radical (unpaired) electrons. The molecule has 2 N–H and O–H groups in total. The van der Waals surface area contributed by atoms with Gasteiger partial charge in [0.1, 0.15) is 5.70 Å². The molecule has 0 spiro atoms. The lowest BCUT2D eigenvalue weighted by molar-refractivity contribution is -0.137. The Kier molecular flexibility index (Phi) is 6.93. The Morgan fingerprint density at radius 3 is 2.55 bits per heavy atom. The molecular weight excluding hydrogens is 306 g/mol. The van der Waals surface area contributed by atoms with Crippen molar-refractivity contribution in [3.8, 4) is 0 Å². The Balaban J connectivity index is 2.32. The van der Waals surface area contributed by atoms with Gasteiger partial charge in [0, 0.05) is 5.92 Å². The number of nitrogens with one attached hydrogen (secondary N) is 1. The summed E-state index contributed by atoms with van der Waals surface area (Å²) in [6.07, 6.45) is 3.57. The average molecular weight is 329 g/mol. The van der Waals surface area contributed by atoms with Gasteiger partial charge in [-0.05, 0) is 30.4 Å². The molecule has 0 aromatic carbocycles. The molecule has 0 saturated heterocycles. The van der Waals surface area contributed by atoms with Crippen molar-refractivity contribution < 1.29 is 24.2 Å². The van der Waals surface area contributed by atoms with Gasteiger partial charge in [-0.15, -0.1) is 0 Å². The number of allylic oxidation sites excluding steroid dienone is 1. The van der Waals surface area contributed by atoms with Crippen molar-refractivity contribution in [1.29, 1.82) is 0 Å². The number of unbranched alkanes of at least 4 members (excludes halogenated alkanes) is 1. The monoisotopic (exact) mass is 329 g/mol. The van der Waals surface area contributed by atoms with Gasteiger partial charge in [-0.2, -0.15) is 11.8 Å². The van der Waals surface area contributed by atoms with Crippen LogP contribution in [0, 0.1) is 11.3 Å². The van der Waals surface area contributed by atoms with E-state index in [0.29, 0.717) is 12.2 Å². The Bertz CT molecular complexity index is 473. The van der Waals surface area contributed by atoms with Crippen LogP contribution in [0.1, 0.15) is 33.1 Å². The molecule has 0 aromatic heterocycles. The molecule has 1 amide bonds. The summed E-state index contributed by atoms with van der Waals surface area (Å²) in [6, 6.07) is 0. The van der Waals surface area contributed by atoms with Crippen molar-refractivity contribution in [1.82, 2.24) is 5.32 Å². The third-order valence-corrected chi connectivity index (χ3v) is 4.62. The highest BCUT2D eigenvalue weighted by atomic mass is 32.2. The number of esters is 1. The Morgan fingerprint density at radius 2 is 2.05 bits per heavy atom. The second-order valence-corrected chi connectivity index (χ2v) is 7.03. The van der Waals surface area contributed by atoms with E-state index in [-0.39, 0.29) is 28.9 Å². The second kappa shape index (κ2) is 8.22. The number of thioether (sulfide) groups is 1. The summed E-state index contributed by atoms with van der Waals surface area (Å²) in [5, 5.41) is 11.6. The van der Waals surface area contributed by atoms with E-state index in [1.165, 1.54) is 24.9 Å². The summed E-state index contributed by atoms with van der Waals surface area (Å²) in [7, 11) is 1.34. The third-order valence-electron chi connectivity index (χ3n) is 3.61. The standard InChI is InChI=1S/C15H23NO5S/c1-15(2)8-10(15)13(18)16-11(14(19)20)6-4-5-7-22-9-12(17)21-3/h6,10H,4-5,7-9H2,1-3H3,(H,16,18)(H,19,20)/b11-6-. The first-order valence-electron chi connectivity index (χ1n) is 7.17. The Hall–Kier alpha value is -1.50. The Morgan fingerprint density at radius 1 is 1.41 bits per heavy atom. The average Bonchev–Trinajstić information content (AvgIpc) is 3.09. The number of carboxylic acid groups (broad SMARTS) is 1. The van der Waals surface area contributed by atoms with Crippen LogP contribution in [0.5, 0.6) is 0 Å². The number of rotatable bonds is 9. The van der Waals surface area contributed by atoms with Gasteiger partial charge in [-0.1, -0.05) is 19.9 Å². The fourth-order valence-electron chi connectivity index (χ4n) is 1.97. The molecule has 1 fully saturated rings. The van der Waals surface area contributed by atoms with Gasteiger partial charge >= 0.3 is 11.9 Å². The summed E-state index contributed by atoms with van der Waals surface area (Å²) < 4.78 is 4.52. The lowest BCUT2D eigenvalue weighted by Gasteiger charge is -2.07. The van der Waals surface area contributed by atoms with E-state index in [4.69, 9.17) is 5.11 Å². The van der Waals surface area contributed by atoms with Gasteiger partial charge in [0.2, 0.25) is 5.91 Å². The highest BCUT2D eigenvalue weighted by Gasteiger charge is 2.50. The van der Waals surface area contributed by atoms with Crippen molar-refractivity contribution in [3.05, 3.63) is 11.8 Å². The van der Waals surface area contributed by atoms with Crippen molar-refractivity contribution >= 4 is 29.6 Å². The maximum atomic E-state index is 11.9. The first-order valence-corrected chi connectivity index (χ1v) is 8.32. The number of carboxylic acids is 1. The number of carbonyl (C=O) groups excluding carboxylic acids is 2. The second-order valence-electron chi connectivity index (χ2n) is 5.93. The highest BCUT2D eigenvalue weighted by molar-refractivity contribution is 7.99. The maximum Gasteiger partial charge on any atom is 0.352 e. The van der Waals surface area contributed by atoms with Crippen LogP contribution in [0.2, 0.25) is 0 Å². The summed E-state index contributed by atoms with van der Waals surface area (Å²) >= 11 is 1.44.